The smallest absolute Gasteiger partial charge is 0.0317 e. The zero-order valence-electron chi connectivity index (χ0n) is 13.1. The Balaban J connectivity index is 1.75. The van der Waals surface area contributed by atoms with Crippen LogP contribution < -0.4 is 5.73 Å². The van der Waals surface area contributed by atoms with Crippen molar-refractivity contribution < 1.29 is 0 Å². The summed E-state index contributed by atoms with van der Waals surface area (Å²) in [6.07, 6.45) is 3.62. The molecule has 0 saturated heterocycles. The molecule has 0 aliphatic rings. The van der Waals surface area contributed by atoms with E-state index in [2.05, 4.69) is 61.3 Å². The van der Waals surface area contributed by atoms with Gasteiger partial charge in [-0.05, 0) is 63.0 Å². The van der Waals surface area contributed by atoms with Crippen LogP contribution in [0, 0.1) is 0 Å². The lowest BCUT2D eigenvalue weighted by atomic mass is 10.1. The lowest BCUT2D eigenvalue weighted by Gasteiger charge is -2.25. The monoisotopic (exact) mass is 282 g/mol. The normalized spacial score (nSPS) is 12.5. The molecular formula is C19H26N2. The van der Waals surface area contributed by atoms with Gasteiger partial charge < -0.3 is 5.73 Å². The number of hydrogen-bond donors (Lipinski definition) is 1. The van der Waals surface area contributed by atoms with Crippen LogP contribution in [-0.2, 0) is 6.42 Å². The standard InChI is InChI=1S/C19H26N2/c1-16(18-12-8-13-19(20)15-18)21(2)14-7-6-11-17-9-4-3-5-10-17/h3-5,8-10,12-13,15-16H,6-7,11,14,20H2,1-2H3. The zero-order valence-corrected chi connectivity index (χ0v) is 13.1. The van der Waals surface area contributed by atoms with E-state index < -0.39 is 0 Å². The number of nitrogen functional groups attached to an aromatic ring is 1. The fraction of sp³-hybridized carbons (Fsp3) is 0.368. The second kappa shape index (κ2) is 7.84. The van der Waals surface area contributed by atoms with E-state index in [4.69, 9.17) is 5.73 Å². The summed E-state index contributed by atoms with van der Waals surface area (Å²) in [5, 5.41) is 0. The summed E-state index contributed by atoms with van der Waals surface area (Å²) >= 11 is 0. The first-order valence-corrected chi connectivity index (χ1v) is 7.76. The van der Waals surface area contributed by atoms with Gasteiger partial charge in [-0.25, -0.2) is 0 Å². The molecule has 0 radical (unpaired) electrons. The largest absolute Gasteiger partial charge is 0.399 e. The van der Waals surface area contributed by atoms with Gasteiger partial charge in [-0.1, -0.05) is 42.5 Å². The number of benzene rings is 2. The van der Waals surface area contributed by atoms with Gasteiger partial charge in [0.15, 0.2) is 0 Å². The highest BCUT2D eigenvalue weighted by Gasteiger charge is 2.11. The summed E-state index contributed by atoms with van der Waals surface area (Å²) in [7, 11) is 2.19. The molecule has 2 aromatic rings. The highest BCUT2D eigenvalue weighted by molar-refractivity contribution is 5.41. The Kier molecular flexibility index (Phi) is 5.82. The van der Waals surface area contributed by atoms with Crippen molar-refractivity contribution in [3.63, 3.8) is 0 Å². The minimum atomic E-state index is 0.408. The minimum absolute atomic E-state index is 0.408. The average molecular weight is 282 g/mol. The minimum Gasteiger partial charge on any atom is -0.399 e. The summed E-state index contributed by atoms with van der Waals surface area (Å²) in [5.74, 6) is 0. The van der Waals surface area contributed by atoms with Crippen molar-refractivity contribution in [2.45, 2.75) is 32.2 Å². The van der Waals surface area contributed by atoms with Crippen molar-refractivity contribution in [3.8, 4) is 0 Å². The lowest BCUT2D eigenvalue weighted by molar-refractivity contribution is 0.256. The Hall–Kier alpha value is -1.80. The molecule has 2 nitrogen and oxygen atoms in total. The third-order valence-corrected chi connectivity index (χ3v) is 4.12. The highest BCUT2D eigenvalue weighted by atomic mass is 15.1. The van der Waals surface area contributed by atoms with Crippen molar-refractivity contribution in [3.05, 3.63) is 65.7 Å². The van der Waals surface area contributed by atoms with Gasteiger partial charge in [0, 0.05) is 11.7 Å². The molecule has 2 aromatic carbocycles. The third-order valence-electron chi connectivity index (χ3n) is 4.12. The van der Waals surface area contributed by atoms with Crippen molar-refractivity contribution in [1.29, 1.82) is 0 Å². The number of aryl methyl sites for hydroxylation is 1. The predicted octanol–water partition coefficient (Wildman–Crippen LogP) is 4.28. The fourth-order valence-corrected chi connectivity index (χ4v) is 2.60. The van der Waals surface area contributed by atoms with E-state index in [1.807, 2.05) is 12.1 Å². The van der Waals surface area contributed by atoms with Crippen molar-refractivity contribution in [1.82, 2.24) is 4.90 Å². The molecule has 0 aliphatic heterocycles. The van der Waals surface area contributed by atoms with Crippen molar-refractivity contribution in [2.24, 2.45) is 0 Å². The molecule has 0 spiro atoms. The summed E-state index contributed by atoms with van der Waals surface area (Å²) in [4.78, 5) is 2.40. The van der Waals surface area contributed by atoms with E-state index in [9.17, 15) is 0 Å². The highest BCUT2D eigenvalue weighted by Crippen LogP contribution is 2.21. The van der Waals surface area contributed by atoms with Gasteiger partial charge in [0.05, 0.1) is 0 Å². The summed E-state index contributed by atoms with van der Waals surface area (Å²) in [6, 6.07) is 19.3. The van der Waals surface area contributed by atoms with E-state index in [0.717, 1.165) is 12.2 Å². The molecule has 1 unspecified atom stereocenters. The summed E-state index contributed by atoms with van der Waals surface area (Å²) in [5.41, 5.74) is 9.43. The maximum absolute atomic E-state index is 5.86. The van der Waals surface area contributed by atoms with Crippen LogP contribution in [0.5, 0.6) is 0 Å². The van der Waals surface area contributed by atoms with Crippen LogP contribution in [0.1, 0.15) is 36.9 Å². The Bertz CT molecular complexity index is 536. The number of unbranched alkanes of at least 4 members (excludes halogenated alkanes) is 1. The number of nitrogens with two attached hydrogens (primary N) is 1. The van der Waals surface area contributed by atoms with Gasteiger partial charge in [-0.2, -0.15) is 0 Å². The van der Waals surface area contributed by atoms with Crippen LogP contribution in [0.3, 0.4) is 0 Å². The molecule has 2 N–H and O–H groups in total. The van der Waals surface area contributed by atoms with Crippen LogP contribution in [0.15, 0.2) is 54.6 Å². The molecule has 2 heteroatoms. The van der Waals surface area contributed by atoms with E-state index >= 15 is 0 Å². The Morgan fingerprint density at radius 3 is 2.48 bits per heavy atom. The summed E-state index contributed by atoms with van der Waals surface area (Å²) < 4.78 is 0. The second-order valence-corrected chi connectivity index (χ2v) is 5.77. The van der Waals surface area contributed by atoms with Crippen LogP contribution in [0.4, 0.5) is 5.69 Å². The van der Waals surface area contributed by atoms with E-state index in [-0.39, 0.29) is 0 Å². The molecule has 0 aromatic heterocycles. The number of nitrogens with zero attached hydrogens (tertiary/aromatic N) is 1. The van der Waals surface area contributed by atoms with Crippen molar-refractivity contribution >= 4 is 5.69 Å². The number of rotatable bonds is 7. The van der Waals surface area contributed by atoms with Crippen LogP contribution in [0.2, 0.25) is 0 Å². The van der Waals surface area contributed by atoms with Gasteiger partial charge in [0.2, 0.25) is 0 Å². The maximum atomic E-state index is 5.86. The molecule has 0 saturated carbocycles. The molecule has 0 bridgehead atoms. The van der Waals surface area contributed by atoms with Gasteiger partial charge in [0.25, 0.3) is 0 Å². The molecule has 0 amide bonds. The van der Waals surface area contributed by atoms with Crippen molar-refractivity contribution in [2.75, 3.05) is 19.3 Å². The van der Waals surface area contributed by atoms with Gasteiger partial charge >= 0.3 is 0 Å². The van der Waals surface area contributed by atoms with Crippen LogP contribution in [-0.4, -0.2) is 18.5 Å². The van der Waals surface area contributed by atoms with Crippen LogP contribution >= 0.6 is 0 Å². The molecule has 21 heavy (non-hydrogen) atoms. The molecular weight excluding hydrogens is 256 g/mol. The molecule has 0 fully saturated rings. The first-order chi connectivity index (χ1) is 10.2. The average Bonchev–Trinajstić information content (AvgIpc) is 2.51. The number of anilines is 1. The zero-order chi connectivity index (χ0) is 15.1. The van der Waals surface area contributed by atoms with Gasteiger partial charge in [-0.15, -0.1) is 0 Å². The maximum Gasteiger partial charge on any atom is 0.0317 e. The Labute approximate surface area is 128 Å². The molecule has 1 atom stereocenters. The Morgan fingerprint density at radius 1 is 1.00 bits per heavy atom. The quantitative estimate of drug-likeness (QED) is 0.606. The molecule has 2 rings (SSSR count). The van der Waals surface area contributed by atoms with Gasteiger partial charge in [0.1, 0.15) is 0 Å². The topological polar surface area (TPSA) is 29.3 Å². The first-order valence-electron chi connectivity index (χ1n) is 7.76. The first kappa shape index (κ1) is 15.6. The predicted molar refractivity (Wildman–Crippen MR) is 91.3 cm³/mol. The number of hydrogen-bond acceptors (Lipinski definition) is 2. The third kappa shape index (κ3) is 4.91. The SMILES string of the molecule is CC(c1cccc(N)c1)N(C)CCCCc1ccccc1. The fourth-order valence-electron chi connectivity index (χ4n) is 2.60. The Morgan fingerprint density at radius 2 is 1.76 bits per heavy atom. The second-order valence-electron chi connectivity index (χ2n) is 5.77. The lowest BCUT2D eigenvalue weighted by Crippen LogP contribution is -2.23. The van der Waals surface area contributed by atoms with E-state index in [1.54, 1.807) is 0 Å². The van der Waals surface area contributed by atoms with E-state index in [1.165, 1.54) is 30.4 Å². The molecule has 0 heterocycles. The van der Waals surface area contributed by atoms with Gasteiger partial charge in [-0.3, -0.25) is 4.90 Å². The molecule has 112 valence electrons. The molecule has 0 aliphatic carbocycles. The van der Waals surface area contributed by atoms with E-state index in [0.29, 0.717) is 6.04 Å². The van der Waals surface area contributed by atoms with Crippen LogP contribution in [0.25, 0.3) is 0 Å². The summed E-state index contributed by atoms with van der Waals surface area (Å²) in [6.45, 7) is 3.36.